The quantitative estimate of drug-likeness (QED) is 0.785. The summed E-state index contributed by atoms with van der Waals surface area (Å²) in [4.78, 5) is 16.9. The fourth-order valence-corrected chi connectivity index (χ4v) is 2.22. The number of nitrogens with one attached hydrogen (secondary N) is 1. The van der Waals surface area contributed by atoms with Gasteiger partial charge in [-0.2, -0.15) is 0 Å². The topological polar surface area (TPSA) is 62.1 Å². The molecule has 2 heterocycles. The standard InChI is InChI=1S/C14H13N3O/c15-9-17-13-6-2-1-5-11(13)12(14(17)18)8-10-4-3-7-16-10/h1-8,16H,9,15H2. The Hall–Kier alpha value is -2.33. The molecule has 90 valence electrons. The third kappa shape index (κ3) is 1.55. The minimum absolute atomic E-state index is 0.0479. The van der Waals surface area contributed by atoms with Crippen molar-refractivity contribution in [3.8, 4) is 0 Å². The van der Waals surface area contributed by atoms with Crippen LogP contribution in [0.2, 0.25) is 0 Å². The summed E-state index contributed by atoms with van der Waals surface area (Å²) in [5, 5.41) is 0. The van der Waals surface area contributed by atoms with Crippen LogP contribution in [0.25, 0.3) is 11.6 Å². The van der Waals surface area contributed by atoms with Crippen molar-refractivity contribution in [2.24, 2.45) is 5.73 Å². The highest BCUT2D eigenvalue weighted by atomic mass is 16.2. The van der Waals surface area contributed by atoms with Crippen LogP contribution in [0.1, 0.15) is 11.3 Å². The van der Waals surface area contributed by atoms with E-state index in [0.717, 1.165) is 16.9 Å². The fraction of sp³-hybridized carbons (Fsp3) is 0.0714. The predicted molar refractivity (Wildman–Crippen MR) is 71.6 cm³/mol. The zero-order chi connectivity index (χ0) is 12.5. The van der Waals surface area contributed by atoms with E-state index < -0.39 is 0 Å². The van der Waals surface area contributed by atoms with Gasteiger partial charge in [-0.25, -0.2) is 0 Å². The summed E-state index contributed by atoms with van der Waals surface area (Å²) in [5.41, 5.74) is 9.04. The number of hydrogen-bond acceptors (Lipinski definition) is 2. The maximum atomic E-state index is 12.3. The number of aromatic amines is 1. The van der Waals surface area contributed by atoms with E-state index in [2.05, 4.69) is 4.98 Å². The SMILES string of the molecule is NCN1C(=O)C(=Cc2ccc[nH]2)c2ccccc21. The van der Waals surface area contributed by atoms with Gasteiger partial charge in [-0.05, 0) is 24.3 Å². The van der Waals surface area contributed by atoms with Gasteiger partial charge >= 0.3 is 0 Å². The van der Waals surface area contributed by atoms with E-state index in [0.29, 0.717) is 5.57 Å². The molecule has 4 nitrogen and oxygen atoms in total. The first-order valence-corrected chi connectivity index (χ1v) is 5.77. The van der Waals surface area contributed by atoms with Crippen LogP contribution in [0, 0.1) is 0 Å². The van der Waals surface area contributed by atoms with Gasteiger partial charge in [0.2, 0.25) is 0 Å². The number of aromatic nitrogens is 1. The van der Waals surface area contributed by atoms with Crippen molar-refractivity contribution in [1.82, 2.24) is 4.98 Å². The monoisotopic (exact) mass is 239 g/mol. The number of H-pyrrole nitrogens is 1. The number of nitrogens with zero attached hydrogens (tertiary/aromatic N) is 1. The molecule has 0 unspecified atom stereocenters. The summed E-state index contributed by atoms with van der Waals surface area (Å²) in [5.74, 6) is -0.0479. The first-order chi connectivity index (χ1) is 8.81. The smallest absolute Gasteiger partial charge is 0.260 e. The molecule has 0 fully saturated rings. The Kier molecular flexibility index (Phi) is 2.50. The zero-order valence-corrected chi connectivity index (χ0v) is 9.76. The summed E-state index contributed by atoms with van der Waals surface area (Å²) in [6.45, 7) is 0.192. The maximum absolute atomic E-state index is 12.3. The molecule has 3 N–H and O–H groups in total. The first kappa shape index (κ1) is 10.8. The lowest BCUT2D eigenvalue weighted by atomic mass is 10.1. The summed E-state index contributed by atoms with van der Waals surface area (Å²) in [7, 11) is 0. The summed E-state index contributed by atoms with van der Waals surface area (Å²) in [6.07, 6.45) is 3.69. The first-order valence-electron chi connectivity index (χ1n) is 5.77. The van der Waals surface area contributed by atoms with Crippen molar-refractivity contribution in [2.45, 2.75) is 0 Å². The third-order valence-corrected chi connectivity index (χ3v) is 3.06. The molecule has 2 aromatic rings. The van der Waals surface area contributed by atoms with E-state index in [-0.39, 0.29) is 12.6 Å². The van der Waals surface area contributed by atoms with E-state index in [9.17, 15) is 4.79 Å². The minimum Gasteiger partial charge on any atom is -0.362 e. The molecule has 4 heteroatoms. The summed E-state index contributed by atoms with van der Waals surface area (Å²) >= 11 is 0. The normalized spacial score (nSPS) is 16.4. The number of carbonyl (C=O) groups is 1. The van der Waals surface area contributed by atoms with Gasteiger partial charge in [0.1, 0.15) is 0 Å². The fourth-order valence-electron chi connectivity index (χ4n) is 2.22. The number of nitrogens with two attached hydrogens (primary N) is 1. The van der Waals surface area contributed by atoms with Gasteiger partial charge in [-0.15, -0.1) is 0 Å². The number of hydrogen-bond donors (Lipinski definition) is 2. The molecule has 1 aliphatic rings. The minimum atomic E-state index is -0.0479. The Morgan fingerprint density at radius 3 is 2.78 bits per heavy atom. The van der Waals surface area contributed by atoms with Crippen molar-refractivity contribution in [3.05, 3.63) is 53.9 Å². The van der Waals surface area contributed by atoms with Crippen LogP contribution in [0.4, 0.5) is 5.69 Å². The molecule has 1 aliphatic heterocycles. The van der Waals surface area contributed by atoms with Crippen LogP contribution >= 0.6 is 0 Å². The molecule has 1 aromatic heterocycles. The molecule has 0 spiro atoms. The van der Waals surface area contributed by atoms with Gasteiger partial charge in [0.15, 0.2) is 0 Å². The molecule has 1 aromatic carbocycles. The Labute approximate surface area is 105 Å². The Morgan fingerprint density at radius 1 is 1.22 bits per heavy atom. The second-order valence-corrected chi connectivity index (χ2v) is 4.12. The molecule has 0 bridgehead atoms. The summed E-state index contributed by atoms with van der Waals surface area (Å²) < 4.78 is 0. The van der Waals surface area contributed by atoms with Crippen LogP contribution < -0.4 is 10.6 Å². The van der Waals surface area contributed by atoms with E-state index in [1.807, 2.05) is 48.7 Å². The van der Waals surface area contributed by atoms with Crippen molar-refractivity contribution >= 4 is 23.2 Å². The molecule has 3 rings (SSSR count). The molecule has 0 saturated heterocycles. The Balaban J connectivity index is 2.14. The average molecular weight is 239 g/mol. The second kappa shape index (κ2) is 4.16. The number of amides is 1. The largest absolute Gasteiger partial charge is 0.362 e. The average Bonchev–Trinajstić information content (AvgIpc) is 2.98. The van der Waals surface area contributed by atoms with Crippen LogP contribution in [0.15, 0.2) is 42.6 Å². The zero-order valence-electron chi connectivity index (χ0n) is 9.76. The van der Waals surface area contributed by atoms with Gasteiger partial charge in [0, 0.05) is 17.5 Å². The van der Waals surface area contributed by atoms with Crippen molar-refractivity contribution in [3.63, 3.8) is 0 Å². The third-order valence-electron chi connectivity index (χ3n) is 3.06. The number of rotatable bonds is 2. The highest BCUT2D eigenvalue weighted by Gasteiger charge is 2.30. The molecule has 0 radical (unpaired) electrons. The lowest BCUT2D eigenvalue weighted by Gasteiger charge is -2.13. The Bertz CT molecular complexity index is 614. The van der Waals surface area contributed by atoms with Crippen LogP contribution in [-0.4, -0.2) is 17.6 Å². The molecular weight excluding hydrogens is 226 g/mol. The van der Waals surface area contributed by atoms with Gasteiger partial charge in [-0.1, -0.05) is 18.2 Å². The van der Waals surface area contributed by atoms with Gasteiger partial charge in [-0.3, -0.25) is 9.69 Å². The predicted octanol–water partition coefficient (Wildman–Crippen LogP) is 1.82. The van der Waals surface area contributed by atoms with E-state index >= 15 is 0 Å². The van der Waals surface area contributed by atoms with Crippen LogP contribution in [-0.2, 0) is 4.79 Å². The number of benzene rings is 1. The molecule has 0 aliphatic carbocycles. The van der Waals surface area contributed by atoms with E-state index in [1.165, 1.54) is 0 Å². The molecule has 0 atom stereocenters. The number of anilines is 1. The second-order valence-electron chi connectivity index (χ2n) is 4.12. The van der Waals surface area contributed by atoms with Crippen LogP contribution in [0.5, 0.6) is 0 Å². The highest BCUT2D eigenvalue weighted by molar-refractivity contribution is 6.35. The molecule has 0 saturated carbocycles. The van der Waals surface area contributed by atoms with Gasteiger partial charge in [0.05, 0.1) is 17.9 Å². The van der Waals surface area contributed by atoms with Crippen molar-refractivity contribution < 1.29 is 4.79 Å². The number of para-hydroxylation sites is 1. The van der Waals surface area contributed by atoms with Crippen molar-refractivity contribution in [1.29, 1.82) is 0 Å². The van der Waals surface area contributed by atoms with E-state index in [4.69, 9.17) is 5.73 Å². The van der Waals surface area contributed by atoms with Gasteiger partial charge in [0.25, 0.3) is 5.91 Å². The van der Waals surface area contributed by atoms with Crippen molar-refractivity contribution in [2.75, 3.05) is 11.6 Å². The Morgan fingerprint density at radius 2 is 2.06 bits per heavy atom. The highest BCUT2D eigenvalue weighted by Crippen LogP contribution is 2.36. The number of carbonyl (C=O) groups excluding carboxylic acids is 1. The van der Waals surface area contributed by atoms with E-state index in [1.54, 1.807) is 4.90 Å². The van der Waals surface area contributed by atoms with Gasteiger partial charge < -0.3 is 10.7 Å². The maximum Gasteiger partial charge on any atom is 0.260 e. The molecule has 1 amide bonds. The number of fused-ring (bicyclic) bond motifs is 1. The lowest BCUT2D eigenvalue weighted by Crippen LogP contribution is -2.32. The molecular formula is C14H13N3O. The lowest BCUT2D eigenvalue weighted by molar-refractivity contribution is -0.112. The summed E-state index contributed by atoms with van der Waals surface area (Å²) in [6, 6.07) is 11.5. The molecule has 18 heavy (non-hydrogen) atoms. The van der Waals surface area contributed by atoms with Crippen LogP contribution in [0.3, 0.4) is 0 Å².